The number of nitrogen functional groups attached to an aromatic ring is 1. The van der Waals surface area contributed by atoms with Crippen molar-refractivity contribution in [3.63, 3.8) is 0 Å². The van der Waals surface area contributed by atoms with E-state index < -0.39 is 11.8 Å². The number of aliphatic carboxylic acids is 1. The van der Waals surface area contributed by atoms with E-state index in [9.17, 15) is 9.18 Å². The van der Waals surface area contributed by atoms with Gasteiger partial charge < -0.3 is 31.4 Å². The molecule has 0 saturated heterocycles. The molecular weight excluding hydrogens is 475 g/mol. The number of carboxylic acids is 1. The summed E-state index contributed by atoms with van der Waals surface area (Å²) in [6.45, 7) is 7.09. The molecule has 4 aromatic rings. The second-order valence-electron chi connectivity index (χ2n) is 8.76. The van der Waals surface area contributed by atoms with Crippen LogP contribution in [0.3, 0.4) is 0 Å². The lowest BCUT2D eigenvalue weighted by Crippen LogP contribution is -2.27. The van der Waals surface area contributed by atoms with Gasteiger partial charge in [0.05, 0.1) is 12.6 Å². The van der Waals surface area contributed by atoms with E-state index in [1.54, 1.807) is 24.4 Å². The van der Waals surface area contributed by atoms with E-state index in [0.29, 0.717) is 23.6 Å². The van der Waals surface area contributed by atoms with Crippen molar-refractivity contribution >= 4 is 34.3 Å². The Morgan fingerprint density at radius 1 is 1.16 bits per heavy atom. The number of nitrogens with one attached hydrogen (secondary N) is 3. The van der Waals surface area contributed by atoms with Crippen molar-refractivity contribution in [1.82, 2.24) is 30.2 Å². The van der Waals surface area contributed by atoms with Gasteiger partial charge in [-0.2, -0.15) is 0 Å². The fourth-order valence-electron chi connectivity index (χ4n) is 4.07. The van der Waals surface area contributed by atoms with E-state index in [1.165, 1.54) is 0 Å². The van der Waals surface area contributed by atoms with Gasteiger partial charge in [0, 0.05) is 66.5 Å². The van der Waals surface area contributed by atoms with E-state index >= 15 is 0 Å². The first-order chi connectivity index (χ1) is 17.9. The summed E-state index contributed by atoms with van der Waals surface area (Å²) in [5.74, 6) is -0.841. The van der Waals surface area contributed by atoms with E-state index in [2.05, 4.69) is 37.8 Å². The smallest absolute Gasteiger partial charge is 0.305 e. The average molecular weight is 507 g/mol. The van der Waals surface area contributed by atoms with E-state index in [-0.39, 0.29) is 24.1 Å². The molecule has 0 aliphatic rings. The number of pyridine rings is 1. The lowest BCUT2D eigenvalue weighted by molar-refractivity contribution is -0.137. The Morgan fingerprint density at radius 3 is 2.73 bits per heavy atom. The summed E-state index contributed by atoms with van der Waals surface area (Å²) >= 11 is 0. The molecule has 1 atom stereocenters. The number of carbonyl (C=O) groups is 1. The number of carboxylic acid groups (broad SMARTS) is 1. The van der Waals surface area contributed by atoms with Crippen LogP contribution in [0.15, 0.2) is 48.9 Å². The summed E-state index contributed by atoms with van der Waals surface area (Å²) in [6, 6.07) is 8.76. The van der Waals surface area contributed by atoms with Crippen LogP contribution in [0.4, 0.5) is 21.8 Å². The van der Waals surface area contributed by atoms with Crippen LogP contribution in [-0.2, 0) is 11.3 Å². The molecule has 0 radical (unpaired) electrons. The number of benzene rings is 1. The number of nitrogens with two attached hydrogens (primary N) is 1. The standard InChI is InChI=1S/C26H31FN8O2/c1-3-29-7-8-30-13-19-14-31-23(12-21(19)28)33-26-32-15-20(27)25(34-26)18-5-4-17-6-9-35(22(17)11-18)16(2)10-24(36)37/h4-6,9,11-12,14-16,29-30H,3,7-8,10,13H2,1-2H3,(H,36,37)(H3,28,31,32,33,34). The summed E-state index contributed by atoms with van der Waals surface area (Å²) in [5.41, 5.74) is 9.09. The number of nitrogens with zero attached hydrogens (tertiary/aromatic N) is 4. The Bertz CT molecular complexity index is 1390. The van der Waals surface area contributed by atoms with Crippen LogP contribution in [0.1, 0.15) is 31.9 Å². The van der Waals surface area contributed by atoms with Gasteiger partial charge in [-0.1, -0.05) is 19.1 Å². The molecule has 6 N–H and O–H groups in total. The number of hydrogen-bond acceptors (Lipinski definition) is 8. The molecule has 3 heterocycles. The predicted octanol–water partition coefficient (Wildman–Crippen LogP) is 3.69. The maximum absolute atomic E-state index is 14.8. The minimum absolute atomic E-state index is 0.0228. The van der Waals surface area contributed by atoms with Gasteiger partial charge in [-0.05, 0) is 31.0 Å². The summed E-state index contributed by atoms with van der Waals surface area (Å²) < 4.78 is 16.6. The second-order valence-corrected chi connectivity index (χ2v) is 8.76. The van der Waals surface area contributed by atoms with E-state index in [4.69, 9.17) is 10.8 Å². The van der Waals surface area contributed by atoms with Crippen LogP contribution in [-0.4, -0.2) is 50.2 Å². The van der Waals surface area contributed by atoms with Crippen LogP contribution in [0.2, 0.25) is 0 Å². The Labute approximate surface area is 214 Å². The quantitative estimate of drug-likeness (QED) is 0.182. The molecular formula is C26H31FN8O2. The van der Waals surface area contributed by atoms with Crippen molar-refractivity contribution in [2.24, 2.45) is 0 Å². The van der Waals surface area contributed by atoms with Crippen molar-refractivity contribution in [3.8, 4) is 11.3 Å². The third kappa shape index (κ3) is 6.38. The highest BCUT2D eigenvalue weighted by atomic mass is 19.1. The molecule has 0 bridgehead atoms. The number of halogens is 1. The first-order valence-electron chi connectivity index (χ1n) is 12.1. The van der Waals surface area contributed by atoms with Crippen molar-refractivity contribution in [2.75, 3.05) is 30.7 Å². The number of fused-ring (bicyclic) bond motifs is 1. The number of rotatable bonds is 12. The Hall–Kier alpha value is -4.09. The minimum atomic E-state index is -0.883. The molecule has 0 aliphatic heterocycles. The van der Waals surface area contributed by atoms with E-state index in [0.717, 1.165) is 42.3 Å². The van der Waals surface area contributed by atoms with Gasteiger partial charge in [-0.25, -0.2) is 19.3 Å². The van der Waals surface area contributed by atoms with Crippen molar-refractivity contribution in [2.45, 2.75) is 32.9 Å². The second kappa shape index (κ2) is 11.8. The molecule has 0 aliphatic carbocycles. The summed E-state index contributed by atoms with van der Waals surface area (Å²) in [5, 5.41) is 19.6. The number of anilines is 3. The topological polar surface area (TPSA) is 143 Å². The highest BCUT2D eigenvalue weighted by molar-refractivity contribution is 5.85. The van der Waals surface area contributed by atoms with Crippen LogP contribution in [0, 0.1) is 5.82 Å². The first-order valence-corrected chi connectivity index (χ1v) is 12.1. The molecule has 1 unspecified atom stereocenters. The Kier molecular flexibility index (Phi) is 8.26. The van der Waals surface area contributed by atoms with Crippen LogP contribution < -0.4 is 21.7 Å². The molecule has 0 amide bonds. The molecule has 1 aromatic carbocycles. The minimum Gasteiger partial charge on any atom is -0.481 e. The summed E-state index contributed by atoms with van der Waals surface area (Å²) in [7, 11) is 0. The van der Waals surface area contributed by atoms with Crippen LogP contribution >= 0.6 is 0 Å². The normalized spacial score (nSPS) is 12.1. The molecule has 4 rings (SSSR count). The van der Waals surface area contributed by atoms with Crippen molar-refractivity contribution < 1.29 is 14.3 Å². The molecule has 10 nitrogen and oxygen atoms in total. The van der Waals surface area contributed by atoms with Crippen LogP contribution in [0.5, 0.6) is 0 Å². The first kappa shape index (κ1) is 26.0. The van der Waals surface area contributed by atoms with Gasteiger partial charge >= 0.3 is 5.97 Å². The highest BCUT2D eigenvalue weighted by Crippen LogP contribution is 2.29. The molecule has 194 valence electrons. The average Bonchev–Trinajstić information content (AvgIpc) is 3.29. The van der Waals surface area contributed by atoms with Gasteiger partial charge in [0.15, 0.2) is 5.82 Å². The number of hydrogen-bond donors (Lipinski definition) is 5. The molecule has 3 aromatic heterocycles. The summed E-state index contributed by atoms with van der Waals surface area (Å²) in [6.07, 6.45) is 4.60. The summed E-state index contributed by atoms with van der Waals surface area (Å²) in [4.78, 5) is 24.0. The maximum atomic E-state index is 14.8. The zero-order chi connectivity index (χ0) is 26.4. The zero-order valence-electron chi connectivity index (χ0n) is 20.8. The predicted molar refractivity (Wildman–Crippen MR) is 142 cm³/mol. The number of likely N-dealkylation sites (N-methyl/N-ethyl adjacent to an activating group) is 1. The zero-order valence-corrected chi connectivity index (χ0v) is 20.8. The van der Waals surface area contributed by atoms with Gasteiger partial charge in [0.2, 0.25) is 5.95 Å². The lowest BCUT2D eigenvalue weighted by Gasteiger charge is -2.14. The van der Waals surface area contributed by atoms with Gasteiger partial charge in [0.1, 0.15) is 11.5 Å². The van der Waals surface area contributed by atoms with Gasteiger partial charge in [-0.15, -0.1) is 0 Å². The fraction of sp³-hybridized carbons (Fsp3) is 0.308. The Balaban J connectivity index is 1.53. The molecule has 0 saturated carbocycles. The lowest BCUT2D eigenvalue weighted by atomic mass is 10.1. The van der Waals surface area contributed by atoms with Gasteiger partial charge in [-0.3, -0.25) is 4.79 Å². The monoisotopic (exact) mass is 506 g/mol. The molecule has 0 spiro atoms. The largest absolute Gasteiger partial charge is 0.481 e. The molecule has 0 fully saturated rings. The molecule has 11 heteroatoms. The van der Waals surface area contributed by atoms with E-state index in [1.807, 2.05) is 29.8 Å². The van der Waals surface area contributed by atoms with Crippen molar-refractivity contribution in [1.29, 1.82) is 0 Å². The van der Waals surface area contributed by atoms with Gasteiger partial charge in [0.25, 0.3) is 0 Å². The Morgan fingerprint density at radius 2 is 1.97 bits per heavy atom. The third-order valence-electron chi connectivity index (χ3n) is 5.99. The highest BCUT2D eigenvalue weighted by Gasteiger charge is 2.15. The molecule has 37 heavy (non-hydrogen) atoms. The van der Waals surface area contributed by atoms with Crippen LogP contribution in [0.25, 0.3) is 22.2 Å². The maximum Gasteiger partial charge on any atom is 0.305 e. The SMILES string of the molecule is CCNCCNCc1cnc(Nc2ncc(F)c(-c3ccc4ccn(C(C)CC(=O)O)c4c3)n2)cc1N. The third-order valence-corrected chi connectivity index (χ3v) is 5.99. The number of aromatic nitrogens is 4. The van der Waals surface area contributed by atoms with Crippen molar-refractivity contribution in [3.05, 3.63) is 60.3 Å². The fourth-order valence-corrected chi connectivity index (χ4v) is 4.07.